The smallest absolute Gasteiger partial charge is 0.254 e. The van der Waals surface area contributed by atoms with Crippen molar-refractivity contribution in [1.82, 2.24) is 4.90 Å². The third-order valence-corrected chi connectivity index (χ3v) is 5.64. The lowest BCUT2D eigenvalue weighted by atomic mass is 9.79. The Hall–Kier alpha value is -2.17. The van der Waals surface area contributed by atoms with Crippen molar-refractivity contribution in [3.63, 3.8) is 0 Å². The highest BCUT2D eigenvalue weighted by Gasteiger charge is 2.36. The average molecular weight is 401 g/mol. The van der Waals surface area contributed by atoms with Gasteiger partial charge in [0.1, 0.15) is 0 Å². The largest absolute Gasteiger partial charge is 0.338 e. The maximum atomic E-state index is 13.2. The molecule has 2 aromatic carbocycles. The van der Waals surface area contributed by atoms with E-state index < -0.39 is 0 Å². The predicted molar refractivity (Wildman–Crippen MR) is 115 cm³/mol. The first kappa shape index (κ1) is 22.1. The number of piperidine rings is 1. The van der Waals surface area contributed by atoms with Crippen LogP contribution in [0.2, 0.25) is 0 Å². The van der Waals surface area contributed by atoms with Crippen LogP contribution in [0, 0.1) is 19.3 Å². The minimum Gasteiger partial charge on any atom is -0.338 e. The van der Waals surface area contributed by atoms with E-state index in [0.29, 0.717) is 29.8 Å². The van der Waals surface area contributed by atoms with E-state index in [1.54, 1.807) is 12.1 Å². The molecule has 1 amide bonds. The summed E-state index contributed by atoms with van der Waals surface area (Å²) in [5.74, 6) is -0.197. The Morgan fingerprint density at radius 1 is 1.04 bits per heavy atom. The highest BCUT2D eigenvalue weighted by Crippen LogP contribution is 2.29. The van der Waals surface area contributed by atoms with Crippen molar-refractivity contribution >= 4 is 24.1 Å². The molecule has 0 aromatic heterocycles. The van der Waals surface area contributed by atoms with Crippen molar-refractivity contribution in [3.8, 4) is 0 Å². The second kappa shape index (κ2) is 8.46. The van der Waals surface area contributed by atoms with E-state index in [0.717, 1.165) is 17.5 Å². The summed E-state index contributed by atoms with van der Waals surface area (Å²) in [6, 6.07) is 13.0. The summed E-state index contributed by atoms with van der Waals surface area (Å²) in [6.45, 7) is 9.28. The molecule has 5 heteroatoms. The lowest BCUT2D eigenvalue weighted by molar-refractivity contribution is 0.0531. The third kappa shape index (κ3) is 4.29. The van der Waals surface area contributed by atoms with Gasteiger partial charge in [0, 0.05) is 30.3 Å². The van der Waals surface area contributed by atoms with E-state index in [9.17, 15) is 9.59 Å². The number of hydrogen-bond donors (Lipinski definition) is 1. The van der Waals surface area contributed by atoms with Crippen molar-refractivity contribution in [2.75, 3.05) is 13.1 Å². The lowest BCUT2D eigenvalue weighted by Gasteiger charge is -2.42. The van der Waals surface area contributed by atoms with Gasteiger partial charge in [0.15, 0.2) is 5.78 Å². The molecule has 0 saturated carbocycles. The first-order chi connectivity index (χ1) is 12.7. The molecule has 2 N–H and O–H groups in total. The van der Waals surface area contributed by atoms with Crippen LogP contribution in [-0.4, -0.2) is 35.7 Å². The predicted octanol–water partition coefficient (Wildman–Crippen LogP) is 4.16. The number of rotatable bonds is 3. The summed E-state index contributed by atoms with van der Waals surface area (Å²) < 4.78 is 0. The maximum Gasteiger partial charge on any atom is 0.254 e. The van der Waals surface area contributed by atoms with Gasteiger partial charge in [-0.2, -0.15) is 0 Å². The van der Waals surface area contributed by atoms with Crippen LogP contribution in [0.25, 0.3) is 0 Å². The van der Waals surface area contributed by atoms with Gasteiger partial charge in [0.05, 0.1) is 5.56 Å². The van der Waals surface area contributed by atoms with Gasteiger partial charge in [-0.15, -0.1) is 12.4 Å². The molecule has 1 aliphatic heterocycles. The summed E-state index contributed by atoms with van der Waals surface area (Å²) in [7, 11) is 0. The minimum atomic E-state index is -0.139. The van der Waals surface area contributed by atoms with Crippen LogP contribution in [0.5, 0.6) is 0 Å². The van der Waals surface area contributed by atoms with Crippen LogP contribution < -0.4 is 5.73 Å². The first-order valence-electron chi connectivity index (χ1n) is 9.46. The molecule has 1 fully saturated rings. The molecular weight excluding hydrogens is 372 g/mol. The molecule has 150 valence electrons. The van der Waals surface area contributed by atoms with Gasteiger partial charge in [-0.25, -0.2) is 0 Å². The van der Waals surface area contributed by atoms with E-state index in [-0.39, 0.29) is 35.6 Å². The van der Waals surface area contributed by atoms with Crippen LogP contribution in [0.4, 0.5) is 0 Å². The number of hydrogen-bond acceptors (Lipinski definition) is 3. The molecule has 2 aromatic rings. The standard InChI is InChI=1S/C23H28N2O2.ClH/c1-15-9-10-16(2)19(13-15)21(26)17-7-5-6-8-18(17)22(27)25-12-11-20(24)23(3,4)14-25;/h5-10,13,20H,11-12,14,24H2,1-4H3;1H. The molecular formula is C23H29ClN2O2. The molecule has 0 spiro atoms. The van der Waals surface area contributed by atoms with E-state index in [2.05, 4.69) is 13.8 Å². The van der Waals surface area contributed by atoms with Crippen LogP contribution >= 0.6 is 12.4 Å². The van der Waals surface area contributed by atoms with Gasteiger partial charge in [-0.1, -0.05) is 49.7 Å². The molecule has 28 heavy (non-hydrogen) atoms. The highest BCUT2D eigenvalue weighted by atomic mass is 35.5. The van der Waals surface area contributed by atoms with Crippen LogP contribution in [-0.2, 0) is 0 Å². The molecule has 4 nitrogen and oxygen atoms in total. The number of carbonyl (C=O) groups excluding carboxylic acids is 2. The number of benzene rings is 2. The molecule has 0 aliphatic carbocycles. The molecule has 1 saturated heterocycles. The lowest BCUT2D eigenvalue weighted by Crippen LogP contribution is -2.54. The highest BCUT2D eigenvalue weighted by molar-refractivity contribution is 6.16. The number of amides is 1. The van der Waals surface area contributed by atoms with Crippen molar-refractivity contribution in [2.24, 2.45) is 11.1 Å². The molecule has 1 heterocycles. The quantitative estimate of drug-likeness (QED) is 0.787. The van der Waals surface area contributed by atoms with Gasteiger partial charge in [-0.05, 0) is 43.4 Å². The van der Waals surface area contributed by atoms with Crippen molar-refractivity contribution < 1.29 is 9.59 Å². The topological polar surface area (TPSA) is 63.4 Å². The monoisotopic (exact) mass is 400 g/mol. The van der Waals surface area contributed by atoms with E-state index in [4.69, 9.17) is 5.73 Å². The van der Waals surface area contributed by atoms with E-state index in [1.807, 2.05) is 49.1 Å². The molecule has 3 rings (SSSR count). The number of halogens is 1. The average Bonchev–Trinajstić information content (AvgIpc) is 2.64. The van der Waals surface area contributed by atoms with Crippen molar-refractivity contribution in [3.05, 3.63) is 70.3 Å². The van der Waals surface area contributed by atoms with Crippen molar-refractivity contribution in [1.29, 1.82) is 0 Å². The van der Waals surface area contributed by atoms with Gasteiger partial charge >= 0.3 is 0 Å². The van der Waals surface area contributed by atoms with E-state index >= 15 is 0 Å². The fourth-order valence-corrected chi connectivity index (χ4v) is 3.71. The van der Waals surface area contributed by atoms with Crippen molar-refractivity contribution in [2.45, 2.75) is 40.2 Å². The normalized spacial score (nSPS) is 18.3. The Kier molecular flexibility index (Phi) is 6.68. The second-order valence-electron chi connectivity index (χ2n) is 8.30. The summed E-state index contributed by atoms with van der Waals surface area (Å²) in [4.78, 5) is 28.3. The Balaban J connectivity index is 0.00000280. The Bertz CT molecular complexity index is 892. The zero-order valence-corrected chi connectivity index (χ0v) is 17.8. The third-order valence-electron chi connectivity index (χ3n) is 5.64. The summed E-state index contributed by atoms with van der Waals surface area (Å²) in [5, 5.41) is 0. The maximum absolute atomic E-state index is 13.2. The van der Waals surface area contributed by atoms with Gasteiger partial charge < -0.3 is 10.6 Å². The molecule has 0 bridgehead atoms. The van der Waals surface area contributed by atoms with Crippen LogP contribution in [0.1, 0.15) is 57.7 Å². The van der Waals surface area contributed by atoms with E-state index in [1.165, 1.54) is 0 Å². The molecule has 1 atom stereocenters. The van der Waals surface area contributed by atoms with Gasteiger partial charge in [-0.3, -0.25) is 9.59 Å². The number of likely N-dealkylation sites (tertiary alicyclic amines) is 1. The molecule has 0 radical (unpaired) electrons. The zero-order chi connectivity index (χ0) is 19.8. The summed E-state index contributed by atoms with van der Waals surface area (Å²) in [6.07, 6.45) is 0.770. The zero-order valence-electron chi connectivity index (χ0n) is 17.0. The molecule has 1 unspecified atom stereocenters. The Morgan fingerprint density at radius 2 is 1.68 bits per heavy atom. The SMILES string of the molecule is Cc1ccc(C)c(C(=O)c2ccccc2C(=O)N2CCC(N)C(C)(C)C2)c1.Cl. The fraction of sp³-hybridized carbons (Fsp3) is 0.391. The second-order valence-corrected chi connectivity index (χ2v) is 8.30. The number of nitrogens with zero attached hydrogens (tertiary/aromatic N) is 1. The summed E-state index contributed by atoms with van der Waals surface area (Å²) in [5.41, 5.74) is 9.59. The fourth-order valence-electron chi connectivity index (χ4n) is 3.71. The Morgan fingerprint density at radius 3 is 2.32 bits per heavy atom. The van der Waals surface area contributed by atoms with Gasteiger partial charge in [0.2, 0.25) is 0 Å². The number of nitrogens with two attached hydrogens (primary N) is 1. The minimum absolute atomic E-state index is 0. The Labute approximate surface area is 173 Å². The number of ketones is 1. The van der Waals surface area contributed by atoms with Crippen LogP contribution in [0.15, 0.2) is 42.5 Å². The molecule has 1 aliphatic rings. The van der Waals surface area contributed by atoms with Gasteiger partial charge in [0.25, 0.3) is 5.91 Å². The number of carbonyl (C=O) groups is 2. The number of aryl methyl sites for hydroxylation is 2. The summed E-state index contributed by atoms with van der Waals surface area (Å²) >= 11 is 0. The van der Waals surface area contributed by atoms with Crippen LogP contribution in [0.3, 0.4) is 0 Å². The first-order valence-corrected chi connectivity index (χ1v) is 9.46.